The Hall–Kier alpha value is -1.51. The van der Waals surface area contributed by atoms with Crippen LogP contribution in [-0.2, 0) is 17.8 Å². The van der Waals surface area contributed by atoms with Gasteiger partial charge in [0.2, 0.25) is 0 Å². The lowest BCUT2D eigenvalue weighted by Crippen LogP contribution is -2.43. The molecular formula is C14H21N5O2S. The molecule has 0 spiro atoms. The van der Waals surface area contributed by atoms with Crippen LogP contribution in [-0.4, -0.2) is 57.3 Å². The van der Waals surface area contributed by atoms with Gasteiger partial charge in [-0.1, -0.05) is 11.3 Å². The van der Waals surface area contributed by atoms with Gasteiger partial charge in [-0.2, -0.15) is 5.10 Å². The van der Waals surface area contributed by atoms with E-state index in [4.69, 9.17) is 9.47 Å². The number of aromatic nitrogens is 4. The molecule has 0 aromatic carbocycles. The highest BCUT2D eigenvalue weighted by atomic mass is 32.1. The second-order valence-electron chi connectivity index (χ2n) is 5.36. The summed E-state index contributed by atoms with van der Waals surface area (Å²) in [6, 6.07) is 0. The lowest BCUT2D eigenvalue weighted by molar-refractivity contribution is -0.0402. The van der Waals surface area contributed by atoms with Crippen LogP contribution in [0.4, 0.5) is 0 Å². The van der Waals surface area contributed by atoms with Crippen molar-refractivity contribution in [3.63, 3.8) is 0 Å². The van der Waals surface area contributed by atoms with E-state index in [2.05, 4.69) is 20.2 Å². The molecule has 7 nitrogen and oxygen atoms in total. The van der Waals surface area contributed by atoms with Crippen LogP contribution in [0, 0.1) is 6.92 Å². The van der Waals surface area contributed by atoms with Crippen molar-refractivity contribution in [1.82, 2.24) is 24.9 Å². The maximum absolute atomic E-state index is 5.84. The number of aryl methyl sites for hydroxylation is 1. The van der Waals surface area contributed by atoms with Gasteiger partial charge in [-0.3, -0.25) is 9.58 Å². The van der Waals surface area contributed by atoms with Gasteiger partial charge >= 0.3 is 0 Å². The highest BCUT2D eigenvalue weighted by Crippen LogP contribution is 2.20. The summed E-state index contributed by atoms with van der Waals surface area (Å²) in [4.78, 5) is 2.35. The summed E-state index contributed by atoms with van der Waals surface area (Å²) in [7, 11) is 0. The van der Waals surface area contributed by atoms with Crippen LogP contribution in [0.3, 0.4) is 0 Å². The monoisotopic (exact) mass is 323 g/mol. The number of hydrogen-bond donors (Lipinski definition) is 0. The quantitative estimate of drug-likeness (QED) is 0.799. The molecule has 0 saturated carbocycles. The van der Waals surface area contributed by atoms with Crippen molar-refractivity contribution in [2.45, 2.75) is 33.0 Å². The average Bonchev–Trinajstić information content (AvgIpc) is 3.09. The van der Waals surface area contributed by atoms with Crippen molar-refractivity contribution >= 4 is 11.3 Å². The summed E-state index contributed by atoms with van der Waals surface area (Å²) in [5, 5.41) is 14.2. The maximum atomic E-state index is 5.84. The van der Waals surface area contributed by atoms with E-state index < -0.39 is 0 Å². The zero-order valence-electron chi connectivity index (χ0n) is 12.9. The van der Waals surface area contributed by atoms with Gasteiger partial charge in [0.1, 0.15) is 5.01 Å². The molecule has 1 fully saturated rings. The second kappa shape index (κ2) is 7.17. The lowest BCUT2D eigenvalue weighted by Gasteiger charge is -2.32. The zero-order valence-corrected chi connectivity index (χ0v) is 13.8. The molecule has 0 aliphatic carbocycles. The molecule has 2 aromatic rings. The summed E-state index contributed by atoms with van der Waals surface area (Å²) < 4.78 is 13.2. The summed E-state index contributed by atoms with van der Waals surface area (Å²) in [5.74, 6) is 0. The van der Waals surface area contributed by atoms with Crippen molar-refractivity contribution in [3.8, 4) is 5.19 Å². The van der Waals surface area contributed by atoms with E-state index in [-0.39, 0.29) is 6.10 Å². The number of ether oxygens (including phenoxy) is 2. The van der Waals surface area contributed by atoms with Gasteiger partial charge in [-0.15, -0.1) is 10.2 Å². The SMILES string of the molecule is CCOc1nnc(CN2CCO[C@H](Cn3cc(C)cn3)C2)s1. The Morgan fingerprint density at radius 3 is 3.14 bits per heavy atom. The second-order valence-corrected chi connectivity index (χ2v) is 6.39. The molecule has 1 aliphatic rings. The van der Waals surface area contributed by atoms with E-state index in [1.54, 1.807) is 0 Å². The first-order valence-corrected chi connectivity index (χ1v) is 8.32. The molecule has 120 valence electrons. The van der Waals surface area contributed by atoms with Crippen molar-refractivity contribution < 1.29 is 9.47 Å². The Morgan fingerprint density at radius 2 is 2.36 bits per heavy atom. The molecule has 1 saturated heterocycles. The van der Waals surface area contributed by atoms with Crippen molar-refractivity contribution in [2.24, 2.45) is 0 Å². The molecule has 0 bridgehead atoms. The molecule has 8 heteroatoms. The molecule has 1 aliphatic heterocycles. The topological polar surface area (TPSA) is 65.3 Å². The molecule has 3 heterocycles. The van der Waals surface area contributed by atoms with Crippen molar-refractivity contribution in [1.29, 1.82) is 0 Å². The predicted octanol–water partition coefficient (Wildman–Crippen LogP) is 1.34. The van der Waals surface area contributed by atoms with Gasteiger partial charge in [-0.25, -0.2) is 0 Å². The van der Waals surface area contributed by atoms with Crippen LogP contribution in [0.15, 0.2) is 12.4 Å². The molecule has 22 heavy (non-hydrogen) atoms. The Balaban J connectivity index is 1.53. The fraction of sp³-hybridized carbons (Fsp3) is 0.643. The fourth-order valence-electron chi connectivity index (χ4n) is 2.49. The molecule has 0 unspecified atom stereocenters. The number of rotatable bonds is 6. The number of nitrogens with zero attached hydrogens (tertiary/aromatic N) is 5. The van der Waals surface area contributed by atoms with Gasteiger partial charge in [0.25, 0.3) is 5.19 Å². The maximum Gasteiger partial charge on any atom is 0.294 e. The predicted molar refractivity (Wildman–Crippen MR) is 83.1 cm³/mol. The Morgan fingerprint density at radius 1 is 1.45 bits per heavy atom. The van der Waals surface area contributed by atoms with E-state index in [0.717, 1.165) is 37.8 Å². The molecule has 2 aromatic heterocycles. The third-order valence-corrected chi connectivity index (χ3v) is 4.27. The van der Waals surface area contributed by atoms with Gasteiger partial charge in [-0.05, 0) is 19.4 Å². The summed E-state index contributed by atoms with van der Waals surface area (Å²) in [5.41, 5.74) is 1.17. The third kappa shape index (κ3) is 4.02. The van der Waals surface area contributed by atoms with Crippen LogP contribution in [0.5, 0.6) is 5.19 Å². The normalized spacial score (nSPS) is 19.5. The largest absolute Gasteiger partial charge is 0.469 e. The van der Waals surface area contributed by atoms with E-state index in [1.165, 1.54) is 16.9 Å². The summed E-state index contributed by atoms with van der Waals surface area (Å²) >= 11 is 1.52. The molecule has 1 atom stereocenters. The van der Waals surface area contributed by atoms with Gasteiger partial charge < -0.3 is 9.47 Å². The highest BCUT2D eigenvalue weighted by Gasteiger charge is 2.22. The van der Waals surface area contributed by atoms with Crippen LogP contribution in [0.25, 0.3) is 0 Å². The summed E-state index contributed by atoms with van der Waals surface area (Å²) in [6.07, 6.45) is 4.07. The minimum absolute atomic E-state index is 0.160. The van der Waals surface area contributed by atoms with Crippen LogP contribution in [0.1, 0.15) is 17.5 Å². The Kier molecular flexibility index (Phi) is 5.01. The third-order valence-electron chi connectivity index (χ3n) is 3.45. The van der Waals surface area contributed by atoms with Gasteiger partial charge in [0, 0.05) is 19.3 Å². The van der Waals surface area contributed by atoms with Crippen LogP contribution in [0.2, 0.25) is 0 Å². The zero-order chi connectivity index (χ0) is 15.4. The van der Waals surface area contributed by atoms with Gasteiger partial charge in [0.15, 0.2) is 0 Å². The first-order chi connectivity index (χ1) is 10.7. The number of hydrogen-bond acceptors (Lipinski definition) is 7. The molecular weight excluding hydrogens is 302 g/mol. The molecule has 3 rings (SSSR count). The first kappa shape index (κ1) is 15.4. The van der Waals surface area contributed by atoms with E-state index >= 15 is 0 Å². The Labute approximate surface area is 133 Å². The minimum Gasteiger partial charge on any atom is -0.469 e. The summed E-state index contributed by atoms with van der Waals surface area (Å²) in [6.45, 7) is 8.72. The molecule has 0 amide bonds. The van der Waals surface area contributed by atoms with Crippen LogP contribution >= 0.6 is 11.3 Å². The fourth-order valence-corrected chi connectivity index (χ4v) is 3.27. The van der Waals surface area contributed by atoms with Crippen molar-refractivity contribution in [2.75, 3.05) is 26.3 Å². The van der Waals surface area contributed by atoms with Gasteiger partial charge in [0.05, 0.1) is 38.6 Å². The van der Waals surface area contributed by atoms with E-state index in [0.29, 0.717) is 11.8 Å². The molecule has 0 radical (unpaired) electrons. The van der Waals surface area contributed by atoms with E-state index in [1.807, 2.05) is 30.9 Å². The van der Waals surface area contributed by atoms with Crippen molar-refractivity contribution in [3.05, 3.63) is 23.0 Å². The highest BCUT2D eigenvalue weighted by molar-refractivity contribution is 7.13. The Bertz CT molecular complexity index is 600. The lowest BCUT2D eigenvalue weighted by atomic mass is 10.2. The molecule has 0 N–H and O–H groups in total. The van der Waals surface area contributed by atoms with Crippen LogP contribution < -0.4 is 4.74 Å². The smallest absolute Gasteiger partial charge is 0.294 e. The first-order valence-electron chi connectivity index (χ1n) is 7.51. The minimum atomic E-state index is 0.160. The van der Waals surface area contributed by atoms with E-state index in [9.17, 15) is 0 Å². The standard InChI is InChI=1S/C14H21N5O2S/c1-3-20-14-17-16-13(22-14)10-18-4-5-21-12(8-18)9-19-7-11(2)6-15-19/h6-7,12H,3-5,8-10H2,1-2H3/t12-/m0/s1. The average molecular weight is 323 g/mol. The number of morpholine rings is 1.